The van der Waals surface area contributed by atoms with E-state index in [2.05, 4.69) is 10.6 Å². The van der Waals surface area contributed by atoms with Crippen LogP contribution in [0.5, 0.6) is 0 Å². The van der Waals surface area contributed by atoms with Crippen molar-refractivity contribution < 1.29 is 33.6 Å². The molecule has 0 bridgehead atoms. The van der Waals surface area contributed by atoms with Crippen LogP contribution in [-0.4, -0.2) is 94.2 Å². The number of carbonyl (C=O) groups excluding carboxylic acids is 6. The van der Waals surface area contributed by atoms with Crippen molar-refractivity contribution in [3.8, 4) is 0 Å². The van der Waals surface area contributed by atoms with Gasteiger partial charge in [0.1, 0.15) is 18.1 Å². The van der Waals surface area contributed by atoms with Gasteiger partial charge < -0.3 is 20.4 Å². The summed E-state index contributed by atoms with van der Waals surface area (Å²) in [5, 5.41) is 5.62. The molecule has 2 aliphatic rings. The lowest BCUT2D eigenvalue weighted by Gasteiger charge is -2.30. The van der Waals surface area contributed by atoms with E-state index in [1.54, 1.807) is 6.92 Å². The molecule has 0 aromatic carbocycles. The lowest BCUT2D eigenvalue weighted by atomic mass is 10.1. The Hall–Kier alpha value is -2.28. The van der Waals surface area contributed by atoms with Gasteiger partial charge in [-0.25, -0.2) is 4.79 Å². The summed E-state index contributed by atoms with van der Waals surface area (Å²) in [5.41, 5.74) is 0. The number of amides is 5. The fraction of sp³-hybridized carbons (Fsp3) is 0.700. The zero-order valence-electron chi connectivity index (χ0n) is 18.9. The topological polar surface area (TPSA) is 142 Å². The second-order valence-corrected chi connectivity index (χ2v) is 9.77. The zero-order valence-corrected chi connectivity index (χ0v) is 20.5. The van der Waals surface area contributed by atoms with E-state index in [9.17, 15) is 28.8 Å². The molecule has 33 heavy (non-hydrogen) atoms. The second kappa shape index (κ2) is 12.8. The van der Waals surface area contributed by atoms with Gasteiger partial charge in [0.15, 0.2) is 0 Å². The van der Waals surface area contributed by atoms with Crippen LogP contribution in [0.25, 0.3) is 0 Å². The predicted octanol–water partition coefficient (Wildman–Crippen LogP) is -0.311. The Kier molecular flexibility index (Phi) is 10.5. The quantitative estimate of drug-likeness (QED) is 0.256. The van der Waals surface area contributed by atoms with Crippen LogP contribution in [0.2, 0.25) is 0 Å². The maximum atomic E-state index is 13.2. The van der Waals surface area contributed by atoms with Crippen LogP contribution in [0, 0.1) is 0 Å². The summed E-state index contributed by atoms with van der Waals surface area (Å²) < 4.78 is 0. The molecule has 0 radical (unpaired) electrons. The summed E-state index contributed by atoms with van der Waals surface area (Å²) in [5.74, 6) is -1.79. The van der Waals surface area contributed by atoms with Gasteiger partial charge in [-0.2, -0.15) is 23.5 Å². The molecule has 0 aromatic rings. The van der Waals surface area contributed by atoms with E-state index in [0.29, 0.717) is 29.4 Å². The minimum atomic E-state index is -1.01. The SMILES string of the molecule is CSCC[C@H](NC=O)C(=O)N[C@H]1CC(C)N([C@@H](CCSC)C(=O)ON2C(=O)CCC2=O)C1=O. The third kappa shape index (κ3) is 6.85. The van der Waals surface area contributed by atoms with E-state index in [-0.39, 0.29) is 25.7 Å². The highest BCUT2D eigenvalue weighted by Crippen LogP contribution is 2.26. The molecule has 2 saturated heterocycles. The summed E-state index contributed by atoms with van der Waals surface area (Å²) in [6, 6.07) is -3.03. The van der Waals surface area contributed by atoms with E-state index in [1.165, 1.54) is 28.4 Å². The number of nitrogens with one attached hydrogen (secondary N) is 2. The van der Waals surface area contributed by atoms with Crippen molar-refractivity contribution in [3.63, 3.8) is 0 Å². The molecule has 5 amide bonds. The highest BCUT2D eigenvalue weighted by atomic mass is 32.2. The molecule has 2 rings (SSSR count). The largest absolute Gasteiger partial charge is 0.355 e. The van der Waals surface area contributed by atoms with Gasteiger partial charge in [-0.15, -0.1) is 5.06 Å². The van der Waals surface area contributed by atoms with E-state index in [4.69, 9.17) is 4.84 Å². The fourth-order valence-corrected chi connectivity index (χ4v) is 4.75. The number of likely N-dealkylation sites (tertiary alicyclic amines) is 1. The smallest absolute Gasteiger partial charge is 0.347 e. The number of hydroxylamine groups is 2. The third-order valence-corrected chi connectivity index (χ3v) is 6.80. The Morgan fingerprint density at radius 2 is 1.73 bits per heavy atom. The predicted molar refractivity (Wildman–Crippen MR) is 123 cm³/mol. The van der Waals surface area contributed by atoms with Crippen molar-refractivity contribution in [2.45, 2.75) is 63.2 Å². The normalized spacial score (nSPS) is 22.3. The van der Waals surface area contributed by atoms with Crippen molar-refractivity contribution in [1.29, 1.82) is 0 Å². The van der Waals surface area contributed by atoms with Crippen molar-refractivity contribution in [2.24, 2.45) is 0 Å². The first-order valence-electron chi connectivity index (χ1n) is 10.6. The molecule has 11 nitrogen and oxygen atoms in total. The van der Waals surface area contributed by atoms with Gasteiger partial charge in [0.25, 0.3) is 11.8 Å². The van der Waals surface area contributed by atoms with Crippen molar-refractivity contribution in [2.75, 3.05) is 24.0 Å². The maximum absolute atomic E-state index is 13.2. The molecule has 0 aromatic heterocycles. The van der Waals surface area contributed by atoms with E-state index in [1.807, 2.05) is 12.5 Å². The zero-order chi connectivity index (χ0) is 24.5. The van der Waals surface area contributed by atoms with Crippen LogP contribution in [-0.2, 0) is 33.6 Å². The van der Waals surface area contributed by atoms with Gasteiger partial charge >= 0.3 is 5.97 Å². The third-order valence-electron chi connectivity index (χ3n) is 5.51. The van der Waals surface area contributed by atoms with Gasteiger partial charge in [0, 0.05) is 18.9 Å². The van der Waals surface area contributed by atoms with E-state index < -0.39 is 53.8 Å². The second-order valence-electron chi connectivity index (χ2n) is 7.80. The van der Waals surface area contributed by atoms with Crippen molar-refractivity contribution >= 4 is 59.5 Å². The highest BCUT2D eigenvalue weighted by molar-refractivity contribution is 7.98. The average molecular weight is 503 g/mol. The molecule has 0 spiro atoms. The van der Waals surface area contributed by atoms with Gasteiger partial charge in [-0.1, -0.05) is 0 Å². The molecular weight excluding hydrogens is 472 g/mol. The monoisotopic (exact) mass is 502 g/mol. The van der Waals surface area contributed by atoms with E-state index >= 15 is 0 Å². The Labute approximate surface area is 201 Å². The minimum absolute atomic E-state index is 0.0265. The van der Waals surface area contributed by atoms with Crippen LogP contribution >= 0.6 is 23.5 Å². The molecule has 0 saturated carbocycles. The standard InChI is InChI=1S/C20H30N4O7S2/c1-12-10-14(22-18(28)13(21-11-25)6-8-32-2)19(29)23(12)15(7-9-33-3)20(30)31-24-16(26)4-5-17(24)27/h11-15H,4-10H2,1-3H3,(H,21,25)(H,22,28)/t12?,13-,14-,15-/m0/s1. The minimum Gasteiger partial charge on any atom is -0.347 e. The summed E-state index contributed by atoms with van der Waals surface area (Å²) in [6.07, 6.45) is 5.07. The van der Waals surface area contributed by atoms with Crippen molar-refractivity contribution in [1.82, 2.24) is 20.6 Å². The number of carbonyl (C=O) groups is 6. The molecule has 2 fully saturated rings. The molecule has 1 unspecified atom stereocenters. The van der Waals surface area contributed by atoms with Gasteiger partial charge in [0.05, 0.1) is 0 Å². The molecule has 2 N–H and O–H groups in total. The molecule has 4 atom stereocenters. The first-order chi connectivity index (χ1) is 15.7. The fourth-order valence-electron chi connectivity index (χ4n) is 3.82. The Bertz CT molecular complexity index is 766. The molecule has 2 aliphatic heterocycles. The molecule has 13 heteroatoms. The summed E-state index contributed by atoms with van der Waals surface area (Å²) >= 11 is 3.00. The first-order valence-corrected chi connectivity index (χ1v) is 13.4. The molecular formula is C20H30N4O7S2. The number of hydrogen-bond donors (Lipinski definition) is 2. The van der Waals surface area contributed by atoms with Crippen molar-refractivity contribution in [3.05, 3.63) is 0 Å². The van der Waals surface area contributed by atoms with E-state index in [0.717, 1.165) is 0 Å². The number of imide groups is 1. The average Bonchev–Trinajstić information content (AvgIpc) is 3.24. The first kappa shape index (κ1) is 27.0. The van der Waals surface area contributed by atoms with Crippen LogP contribution in [0.15, 0.2) is 0 Å². The Balaban J connectivity index is 2.12. The lowest BCUT2D eigenvalue weighted by molar-refractivity contribution is -0.201. The lowest BCUT2D eigenvalue weighted by Crippen LogP contribution is -2.53. The maximum Gasteiger partial charge on any atom is 0.355 e. The molecule has 184 valence electrons. The van der Waals surface area contributed by atoms with Gasteiger partial charge in [-0.05, 0) is 50.2 Å². The molecule has 0 aliphatic carbocycles. The van der Waals surface area contributed by atoms with Crippen LogP contribution < -0.4 is 10.6 Å². The Morgan fingerprint density at radius 3 is 2.30 bits per heavy atom. The Morgan fingerprint density at radius 1 is 1.12 bits per heavy atom. The highest BCUT2D eigenvalue weighted by Gasteiger charge is 2.46. The number of thioether (sulfide) groups is 2. The molecule has 2 heterocycles. The van der Waals surface area contributed by atoms with Crippen LogP contribution in [0.3, 0.4) is 0 Å². The summed E-state index contributed by atoms with van der Waals surface area (Å²) in [6.45, 7) is 1.75. The van der Waals surface area contributed by atoms with Crippen LogP contribution in [0.4, 0.5) is 0 Å². The van der Waals surface area contributed by atoms with Gasteiger partial charge in [0.2, 0.25) is 18.2 Å². The number of rotatable bonds is 13. The number of hydrogen-bond acceptors (Lipinski definition) is 9. The van der Waals surface area contributed by atoms with Crippen LogP contribution in [0.1, 0.15) is 39.0 Å². The summed E-state index contributed by atoms with van der Waals surface area (Å²) in [7, 11) is 0. The number of nitrogens with zero attached hydrogens (tertiary/aromatic N) is 2. The van der Waals surface area contributed by atoms with Gasteiger partial charge in [-0.3, -0.25) is 24.0 Å². The summed E-state index contributed by atoms with van der Waals surface area (Å²) in [4.78, 5) is 79.7.